The molecular formula is C22H24N4O3. The fraction of sp³-hybridized carbons (Fsp3) is 0.318. The second kappa shape index (κ2) is 8.34. The highest BCUT2D eigenvalue weighted by Gasteiger charge is 2.33. The van der Waals surface area contributed by atoms with E-state index >= 15 is 0 Å². The SMILES string of the molecule is Nc1noc2cc(CNC(=O)[C@@H]3CCCN3C(=O)CCc3ccccc3)ccc12. The quantitative estimate of drug-likeness (QED) is 0.672. The van der Waals surface area contributed by atoms with E-state index < -0.39 is 6.04 Å². The van der Waals surface area contributed by atoms with Gasteiger partial charge in [-0.25, -0.2) is 0 Å². The van der Waals surface area contributed by atoms with Crippen molar-refractivity contribution < 1.29 is 14.1 Å². The van der Waals surface area contributed by atoms with Crippen LogP contribution in [0.4, 0.5) is 5.82 Å². The number of amides is 2. The summed E-state index contributed by atoms with van der Waals surface area (Å²) >= 11 is 0. The smallest absolute Gasteiger partial charge is 0.243 e. The number of rotatable bonds is 6. The Balaban J connectivity index is 1.33. The van der Waals surface area contributed by atoms with Crippen molar-refractivity contribution in [3.8, 4) is 0 Å². The van der Waals surface area contributed by atoms with Crippen LogP contribution in [-0.2, 0) is 22.6 Å². The number of hydrogen-bond acceptors (Lipinski definition) is 5. The van der Waals surface area contributed by atoms with Crippen LogP contribution >= 0.6 is 0 Å². The summed E-state index contributed by atoms with van der Waals surface area (Å²) in [7, 11) is 0. The summed E-state index contributed by atoms with van der Waals surface area (Å²) in [6, 6.07) is 15.1. The molecule has 0 aliphatic carbocycles. The fourth-order valence-corrected chi connectivity index (χ4v) is 3.80. The molecule has 1 aromatic heterocycles. The Bertz CT molecular complexity index is 1020. The van der Waals surface area contributed by atoms with E-state index in [9.17, 15) is 9.59 Å². The Morgan fingerprint density at radius 1 is 1.17 bits per heavy atom. The number of likely N-dealkylation sites (tertiary alicyclic amines) is 1. The summed E-state index contributed by atoms with van der Waals surface area (Å²) in [5, 5.41) is 7.44. The summed E-state index contributed by atoms with van der Waals surface area (Å²) in [5.74, 6) is 0.268. The molecule has 2 heterocycles. The minimum absolute atomic E-state index is 0.0325. The molecule has 3 N–H and O–H groups in total. The van der Waals surface area contributed by atoms with Gasteiger partial charge in [-0.2, -0.15) is 0 Å². The number of nitrogens with one attached hydrogen (secondary N) is 1. The van der Waals surface area contributed by atoms with Gasteiger partial charge < -0.3 is 20.5 Å². The number of fused-ring (bicyclic) bond motifs is 1. The summed E-state index contributed by atoms with van der Waals surface area (Å²) in [5.41, 5.74) is 8.33. The third kappa shape index (κ3) is 4.23. The van der Waals surface area contributed by atoms with Gasteiger partial charge in [0.05, 0.1) is 5.39 Å². The first kappa shape index (κ1) is 19.0. The first-order valence-electron chi connectivity index (χ1n) is 9.87. The van der Waals surface area contributed by atoms with Crippen LogP contribution in [0.2, 0.25) is 0 Å². The third-order valence-corrected chi connectivity index (χ3v) is 5.38. The summed E-state index contributed by atoms with van der Waals surface area (Å²) in [6.45, 7) is 0.993. The van der Waals surface area contributed by atoms with Crippen molar-refractivity contribution in [3.63, 3.8) is 0 Å². The zero-order valence-electron chi connectivity index (χ0n) is 16.1. The number of carbonyl (C=O) groups excluding carboxylic acids is 2. The first-order chi connectivity index (χ1) is 14.1. The highest BCUT2D eigenvalue weighted by Crippen LogP contribution is 2.22. The molecule has 1 atom stereocenters. The van der Waals surface area contributed by atoms with E-state index in [4.69, 9.17) is 10.3 Å². The van der Waals surface area contributed by atoms with Crippen LogP contribution in [0.1, 0.15) is 30.4 Å². The molecule has 2 amide bonds. The second-order valence-electron chi connectivity index (χ2n) is 7.35. The molecule has 29 heavy (non-hydrogen) atoms. The number of aromatic nitrogens is 1. The van der Waals surface area contributed by atoms with Crippen molar-refractivity contribution in [3.05, 3.63) is 59.7 Å². The normalized spacial score (nSPS) is 16.3. The van der Waals surface area contributed by atoms with Gasteiger partial charge in [0.25, 0.3) is 0 Å². The Hall–Kier alpha value is -3.35. The number of nitrogens with zero attached hydrogens (tertiary/aromatic N) is 2. The minimum atomic E-state index is -0.400. The number of aryl methyl sites for hydroxylation is 1. The molecule has 0 saturated carbocycles. The molecule has 2 aromatic carbocycles. The Kier molecular flexibility index (Phi) is 5.46. The van der Waals surface area contributed by atoms with Crippen LogP contribution in [0, 0.1) is 0 Å². The van der Waals surface area contributed by atoms with Crippen molar-refractivity contribution in [1.82, 2.24) is 15.4 Å². The Labute approximate surface area is 168 Å². The van der Waals surface area contributed by atoms with Crippen molar-refractivity contribution in [2.75, 3.05) is 12.3 Å². The molecule has 0 radical (unpaired) electrons. The lowest BCUT2D eigenvalue weighted by molar-refractivity contribution is -0.138. The average Bonchev–Trinajstić information content (AvgIpc) is 3.38. The number of nitrogen functional groups attached to an aromatic ring is 1. The largest absolute Gasteiger partial charge is 0.380 e. The summed E-state index contributed by atoms with van der Waals surface area (Å²) in [6.07, 6.45) is 2.64. The maximum atomic E-state index is 12.7. The van der Waals surface area contributed by atoms with E-state index in [1.165, 1.54) is 0 Å². The average molecular weight is 392 g/mol. The van der Waals surface area contributed by atoms with Gasteiger partial charge in [-0.05, 0) is 42.5 Å². The highest BCUT2D eigenvalue weighted by atomic mass is 16.5. The number of hydrogen-bond donors (Lipinski definition) is 2. The zero-order valence-corrected chi connectivity index (χ0v) is 16.1. The van der Waals surface area contributed by atoms with Gasteiger partial charge in [0.15, 0.2) is 11.4 Å². The lowest BCUT2D eigenvalue weighted by atomic mass is 10.1. The van der Waals surface area contributed by atoms with Gasteiger partial charge in [-0.3, -0.25) is 9.59 Å². The predicted molar refractivity (Wildman–Crippen MR) is 110 cm³/mol. The molecule has 4 rings (SSSR count). The molecule has 1 aliphatic heterocycles. The van der Waals surface area contributed by atoms with Crippen molar-refractivity contribution in [2.24, 2.45) is 0 Å². The first-order valence-corrected chi connectivity index (χ1v) is 9.87. The molecule has 1 aliphatic rings. The number of nitrogens with two attached hydrogens (primary N) is 1. The van der Waals surface area contributed by atoms with Crippen LogP contribution in [0.5, 0.6) is 0 Å². The van der Waals surface area contributed by atoms with Crippen LogP contribution < -0.4 is 11.1 Å². The van der Waals surface area contributed by atoms with E-state index in [0.29, 0.717) is 43.8 Å². The van der Waals surface area contributed by atoms with Gasteiger partial charge >= 0.3 is 0 Å². The molecule has 1 saturated heterocycles. The molecule has 7 nitrogen and oxygen atoms in total. The Morgan fingerprint density at radius 3 is 2.83 bits per heavy atom. The van der Waals surface area contributed by atoms with Crippen LogP contribution in [0.25, 0.3) is 11.0 Å². The maximum Gasteiger partial charge on any atom is 0.243 e. The number of carbonyl (C=O) groups is 2. The van der Waals surface area contributed by atoms with Crippen LogP contribution in [-0.4, -0.2) is 34.5 Å². The molecule has 0 spiro atoms. The van der Waals surface area contributed by atoms with E-state index in [-0.39, 0.29) is 11.8 Å². The predicted octanol–water partition coefficient (Wildman–Crippen LogP) is 2.65. The molecule has 150 valence electrons. The van der Waals surface area contributed by atoms with E-state index in [0.717, 1.165) is 22.9 Å². The molecule has 3 aromatic rings. The lowest BCUT2D eigenvalue weighted by Gasteiger charge is -2.24. The zero-order chi connectivity index (χ0) is 20.2. The topological polar surface area (TPSA) is 101 Å². The van der Waals surface area contributed by atoms with Gasteiger partial charge in [-0.1, -0.05) is 41.6 Å². The minimum Gasteiger partial charge on any atom is -0.380 e. The monoisotopic (exact) mass is 392 g/mol. The highest BCUT2D eigenvalue weighted by molar-refractivity contribution is 5.89. The number of benzene rings is 2. The van der Waals surface area contributed by atoms with Crippen LogP contribution in [0.3, 0.4) is 0 Å². The van der Waals surface area contributed by atoms with Gasteiger partial charge in [0.1, 0.15) is 6.04 Å². The van der Waals surface area contributed by atoms with Gasteiger partial charge in [-0.15, -0.1) is 0 Å². The second-order valence-corrected chi connectivity index (χ2v) is 7.35. The van der Waals surface area contributed by atoms with E-state index in [1.54, 1.807) is 4.90 Å². The molecule has 0 bridgehead atoms. The standard InChI is InChI=1S/C22H24N4O3/c23-21-17-10-8-16(13-19(17)29-25-21)14-24-22(28)18-7-4-12-26(18)20(27)11-9-15-5-2-1-3-6-15/h1-3,5-6,8,10,13,18H,4,7,9,11-12,14H2,(H2,23,25)(H,24,28)/t18-/m0/s1. The van der Waals surface area contributed by atoms with E-state index in [2.05, 4.69) is 10.5 Å². The lowest BCUT2D eigenvalue weighted by Crippen LogP contribution is -2.45. The summed E-state index contributed by atoms with van der Waals surface area (Å²) in [4.78, 5) is 27.1. The van der Waals surface area contributed by atoms with Gasteiger partial charge in [0, 0.05) is 19.5 Å². The fourth-order valence-electron chi connectivity index (χ4n) is 3.80. The molecule has 0 unspecified atom stereocenters. The van der Waals surface area contributed by atoms with Crippen LogP contribution in [0.15, 0.2) is 53.1 Å². The molecular weight excluding hydrogens is 368 g/mol. The van der Waals surface area contributed by atoms with E-state index in [1.807, 2.05) is 48.5 Å². The van der Waals surface area contributed by atoms with Crippen molar-refractivity contribution in [2.45, 2.75) is 38.3 Å². The van der Waals surface area contributed by atoms with Crippen molar-refractivity contribution in [1.29, 1.82) is 0 Å². The Morgan fingerprint density at radius 2 is 2.00 bits per heavy atom. The maximum absolute atomic E-state index is 12.7. The summed E-state index contributed by atoms with van der Waals surface area (Å²) < 4.78 is 5.17. The van der Waals surface area contributed by atoms with Gasteiger partial charge in [0.2, 0.25) is 11.8 Å². The molecule has 7 heteroatoms. The number of anilines is 1. The van der Waals surface area contributed by atoms with Crippen molar-refractivity contribution >= 4 is 28.6 Å². The third-order valence-electron chi connectivity index (χ3n) is 5.38. The molecule has 1 fully saturated rings.